The van der Waals surface area contributed by atoms with Crippen LogP contribution >= 0.6 is 0 Å². The average molecular weight is 570 g/mol. The summed E-state index contributed by atoms with van der Waals surface area (Å²) in [5.41, 5.74) is -0.399. The molecule has 3 N–H and O–H groups in total. The number of hydrogen-bond donors (Lipinski definition) is 3. The molecule has 3 rings (SSSR count). The SMILES string of the molecule is CC.CC.CNC(=O)[C@@H]1CCOC1.CN[C@@H](CC(C)C)C1(C(=O)O)OCC(C)(C)C(c2ccccc2[N+](=O)[O-])O1. The van der Waals surface area contributed by atoms with Crippen LogP contribution in [0.3, 0.4) is 0 Å². The lowest BCUT2D eigenvalue weighted by molar-refractivity contribution is -0.389. The minimum Gasteiger partial charge on any atom is -0.477 e. The Morgan fingerprint density at radius 3 is 2.20 bits per heavy atom. The van der Waals surface area contributed by atoms with E-state index in [0.717, 1.165) is 13.0 Å². The number of rotatable bonds is 8. The number of para-hydroxylation sites is 1. The number of carboxylic acids is 1. The average Bonchev–Trinajstić information content (AvgIpc) is 3.49. The summed E-state index contributed by atoms with van der Waals surface area (Å²) in [7, 11) is 3.31. The van der Waals surface area contributed by atoms with Crippen LogP contribution < -0.4 is 10.6 Å². The van der Waals surface area contributed by atoms with Crippen molar-refractivity contribution in [2.24, 2.45) is 17.3 Å². The minimum absolute atomic E-state index is 0.0896. The van der Waals surface area contributed by atoms with Crippen LogP contribution in [0.5, 0.6) is 0 Å². The second kappa shape index (κ2) is 18.0. The van der Waals surface area contributed by atoms with Crippen molar-refractivity contribution in [2.75, 3.05) is 33.9 Å². The van der Waals surface area contributed by atoms with Crippen molar-refractivity contribution in [3.8, 4) is 0 Å². The van der Waals surface area contributed by atoms with Gasteiger partial charge in [-0.1, -0.05) is 67.5 Å². The van der Waals surface area contributed by atoms with Gasteiger partial charge in [0, 0.05) is 25.1 Å². The summed E-state index contributed by atoms with van der Waals surface area (Å²) in [5.74, 6) is -2.77. The monoisotopic (exact) mass is 569 g/mol. The molecule has 1 aromatic carbocycles. The standard InChI is InChI=1S/C19H28N2O6.C6H11NO2.2C2H6/c1-12(2)10-15(20-5)19(17(22)23)26-11-18(3,4)16(27-19)13-8-6-7-9-14(13)21(24)25;1-7-6(8)5-2-3-9-4-5;2*1-2/h6-9,12,15-16,20H,10-11H2,1-5H3,(H,22,23);5H,2-4H2,1H3,(H,7,8);2*1-2H3/t15-,16?,19?;5-;;/m01../s1. The highest BCUT2D eigenvalue weighted by atomic mass is 16.7. The van der Waals surface area contributed by atoms with Crippen molar-refractivity contribution in [1.82, 2.24) is 10.6 Å². The molecule has 40 heavy (non-hydrogen) atoms. The molecule has 4 atom stereocenters. The number of nitrogens with zero attached hydrogens (tertiary/aromatic N) is 1. The predicted octanol–water partition coefficient (Wildman–Crippen LogP) is 4.95. The van der Waals surface area contributed by atoms with Crippen LogP contribution in [0.2, 0.25) is 0 Å². The Labute approximate surface area is 239 Å². The summed E-state index contributed by atoms with van der Waals surface area (Å²) in [6.45, 7) is 17.1. The maximum Gasteiger partial charge on any atom is 0.366 e. The first-order valence-electron chi connectivity index (χ1n) is 14.1. The van der Waals surface area contributed by atoms with Gasteiger partial charge < -0.3 is 30.0 Å². The Morgan fingerprint density at radius 2 is 1.75 bits per heavy atom. The Kier molecular flexibility index (Phi) is 16.8. The van der Waals surface area contributed by atoms with Gasteiger partial charge in [-0.15, -0.1) is 0 Å². The third-order valence-corrected chi connectivity index (χ3v) is 6.44. The lowest BCUT2D eigenvalue weighted by Gasteiger charge is -2.49. The number of nitrogens with one attached hydrogen (secondary N) is 2. The van der Waals surface area contributed by atoms with E-state index >= 15 is 0 Å². The topological polar surface area (TPSA) is 149 Å². The fourth-order valence-corrected chi connectivity index (χ4v) is 4.42. The van der Waals surface area contributed by atoms with Gasteiger partial charge in [-0.25, -0.2) is 4.79 Å². The molecule has 0 spiro atoms. The number of carboxylic acid groups (broad SMARTS) is 1. The van der Waals surface area contributed by atoms with Crippen LogP contribution in [0.25, 0.3) is 0 Å². The molecule has 0 aromatic heterocycles. The summed E-state index contributed by atoms with van der Waals surface area (Å²) in [6.07, 6.45) is 0.568. The maximum atomic E-state index is 12.2. The van der Waals surface area contributed by atoms with Gasteiger partial charge in [0.2, 0.25) is 5.91 Å². The van der Waals surface area contributed by atoms with E-state index in [0.29, 0.717) is 18.6 Å². The van der Waals surface area contributed by atoms with Gasteiger partial charge >= 0.3 is 5.97 Å². The lowest BCUT2D eigenvalue weighted by Crippen LogP contribution is -2.64. The van der Waals surface area contributed by atoms with Crippen molar-refractivity contribution in [3.63, 3.8) is 0 Å². The molecule has 11 heteroatoms. The van der Waals surface area contributed by atoms with Gasteiger partial charge in [-0.05, 0) is 31.9 Å². The first kappa shape index (κ1) is 37.4. The summed E-state index contributed by atoms with van der Waals surface area (Å²) in [6, 6.07) is 5.66. The molecule has 2 unspecified atom stereocenters. The number of nitro benzene ring substituents is 1. The Morgan fingerprint density at radius 1 is 1.15 bits per heavy atom. The number of ether oxygens (including phenoxy) is 3. The van der Waals surface area contributed by atoms with Crippen molar-refractivity contribution in [2.45, 2.75) is 86.2 Å². The van der Waals surface area contributed by atoms with Gasteiger partial charge in [0.1, 0.15) is 6.10 Å². The molecule has 0 radical (unpaired) electrons. The normalized spacial score (nSPS) is 23.7. The molecule has 1 amide bonds. The fourth-order valence-electron chi connectivity index (χ4n) is 4.42. The molecule has 2 fully saturated rings. The van der Waals surface area contributed by atoms with Crippen molar-refractivity contribution >= 4 is 17.6 Å². The van der Waals surface area contributed by atoms with Crippen molar-refractivity contribution < 1.29 is 33.8 Å². The molecule has 2 saturated heterocycles. The number of benzene rings is 1. The number of hydrogen-bond acceptors (Lipinski definition) is 8. The number of amides is 1. The summed E-state index contributed by atoms with van der Waals surface area (Å²) < 4.78 is 16.9. The molecule has 0 bridgehead atoms. The molecule has 230 valence electrons. The maximum absolute atomic E-state index is 12.2. The summed E-state index contributed by atoms with van der Waals surface area (Å²) in [5, 5.41) is 27.1. The Bertz CT molecular complexity index is 918. The highest BCUT2D eigenvalue weighted by molar-refractivity contribution is 5.78. The van der Waals surface area contributed by atoms with Crippen LogP contribution in [0, 0.1) is 27.4 Å². The van der Waals surface area contributed by atoms with Crippen LogP contribution in [0.15, 0.2) is 24.3 Å². The number of carbonyl (C=O) groups is 2. The van der Waals surface area contributed by atoms with Crippen LogP contribution in [-0.2, 0) is 23.8 Å². The molecule has 11 nitrogen and oxygen atoms in total. The molecule has 0 saturated carbocycles. The van der Waals surface area contributed by atoms with E-state index in [2.05, 4.69) is 10.6 Å². The number of nitro groups is 1. The Balaban J connectivity index is 0.000000974. The molecule has 2 aliphatic rings. The molecule has 1 aromatic rings. The van der Waals surface area contributed by atoms with E-state index in [1.54, 1.807) is 32.3 Å². The number of carbonyl (C=O) groups excluding carboxylic acids is 1. The van der Waals surface area contributed by atoms with E-state index in [9.17, 15) is 24.8 Å². The third-order valence-electron chi connectivity index (χ3n) is 6.44. The van der Waals surface area contributed by atoms with Gasteiger partial charge in [0.05, 0.1) is 35.7 Å². The molecular formula is C29H51N3O8. The largest absolute Gasteiger partial charge is 0.477 e. The molecule has 2 aliphatic heterocycles. The number of aliphatic carboxylic acids is 1. The first-order valence-corrected chi connectivity index (χ1v) is 14.1. The number of likely N-dealkylation sites (N-methyl/N-ethyl adjacent to an activating group) is 1. The first-order chi connectivity index (χ1) is 18.9. The van der Waals surface area contributed by atoms with E-state index in [4.69, 9.17) is 14.2 Å². The zero-order valence-electron chi connectivity index (χ0n) is 25.9. The van der Waals surface area contributed by atoms with Gasteiger partial charge in [-0.3, -0.25) is 14.9 Å². The zero-order valence-corrected chi connectivity index (χ0v) is 25.9. The van der Waals surface area contributed by atoms with Crippen LogP contribution in [0.4, 0.5) is 5.69 Å². The van der Waals surface area contributed by atoms with Gasteiger partial charge in [0.25, 0.3) is 11.5 Å². The summed E-state index contributed by atoms with van der Waals surface area (Å²) in [4.78, 5) is 34.1. The molecule has 2 heterocycles. The predicted molar refractivity (Wildman–Crippen MR) is 155 cm³/mol. The second-order valence-electron chi connectivity index (χ2n) is 10.2. The highest BCUT2D eigenvalue weighted by Gasteiger charge is 2.57. The Hall–Kier alpha value is -2.60. The van der Waals surface area contributed by atoms with E-state index in [1.165, 1.54) is 6.07 Å². The highest BCUT2D eigenvalue weighted by Crippen LogP contribution is 2.48. The summed E-state index contributed by atoms with van der Waals surface area (Å²) >= 11 is 0. The van der Waals surface area contributed by atoms with E-state index in [-0.39, 0.29) is 30.0 Å². The van der Waals surface area contributed by atoms with Crippen molar-refractivity contribution in [1.29, 1.82) is 0 Å². The fraction of sp³-hybridized carbons (Fsp3) is 0.724. The zero-order chi connectivity index (χ0) is 31.1. The second-order valence-corrected chi connectivity index (χ2v) is 10.2. The minimum atomic E-state index is -1.93. The van der Waals surface area contributed by atoms with E-state index < -0.39 is 34.2 Å². The quantitative estimate of drug-likeness (QED) is 0.292. The van der Waals surface area contributed by atoms with E-state index in [1.807, 2.05) is 55.4 Å². The van der Waals surface area contributed by atoms with Gasteiger partial charge in [-0.2, -0.15) is 0 Å². The third kappa shape index (κ3) is 9.79. The van der Waals surface area contributed by atoms with Crippen LogP contribution in [-0.4, -0.2) is 67.7 Å². The van der Waals surface area contributed by atoms with Crippen molar-refractivity contribution in [3.05, 3.63) is 39.9 Å². The molecule has 0 aliphatic carbocycles. The van der Waals surface area contributed by atoms with Gasteiger partial charge in [0.15, 0.2) is 0 Å². The van der Waals surface area contributed by atoms with Crippen LogP contribution in [0.1, 0.15) is 79.9 Å². The smallest absolute Gasteiger partial charge is 0.366 e. The molecular weight excluding hydrogens is 518 g/mol. The lowest BCUT2D eigenvalue weighted by atomic mass is 9.80.